The molecular weight excluding hydrogens is 238 g/mol. The maximum absolute atomic E-state index is 11.3. The monoisotopic (exact) mass is 249 g/mol. The molecule has 0 spiro atoms. The minimum absolute atomic E-state index is 0.214. The van der Waals surface area contributed by atoms with Gasteiger partial charge in [-0.3, -0.25) is 4.79 Å². The number of sulfonamides is 1. The van der Waals surface area contributed by atoms with Gasteiger partial charge in [-0.2, -0.15) is 11.3 Å². The molecule has 0 amide bonds. The predicted molar refractivity (Wildman–Crippen MR) is 57.2 cm³/mol. The first-order valence-electron chi connectivity index (χ1n) is 4.20. The first-order valence-corrected chi connectivity index (χ1v) is 6.79. The zero-order valence-electron chi connectivity index (χ0n) is 7.84. The maximum Gasteiger partial charge on any atom is 0.304 e. The molecule has 15 heavy (non-hydrogen) atoms. The van der Waals surface area contributed by atoms with Crippen LogP contribution in [-0.2, 0) is 21.4 Å². The molecule has 0 saturated heterocycles. The summed E-state index contributed by atoms with van der Waals surface area (Å²) in [6.45, 7) is 0.214. The van der Waals surface area contributed by atoms with Crippen LogP contribution in [0.5, 0.6) is 0 Å². The van der Waals surface area contributed by atoms with E-state index in [1.807, 2.05) is 16.8 Å². The summed E-state index contributed by atoms with van der Waals surface area (Å²) in [5.74, 6) is -1.50. The zero-order valence-corrected chi connectivity index (χ0v) is 9.47. The summed E-state index contributed by atoms with van der Waals surface area (Å²) in [6.07, 6.45) is -0.376. The summed E-state index contributed by atoms with van der Waals surface area (Å²) < 4.78 is 24.9. The average molecular weight is 249 g/mol. The third kappa shape index (κ3) is 4.91. The summed E-state index contributed by atoms with van der Waals surface area (Å²) >= 11 is 1.48. The fraction of sp³-hybridized carbons (Fsp3) is 0.375. The number of rotatable bonds is 6. The van der Waals surface area contributed by atoms with Gasteiger partial charge in [0.1, 0.15) is 0 Å². The Labute approximate surface area is 91.8 Å². The quantitative estimate of drug-likeness (QED) is 0.775. The Balaban J connectivity index is 2.40. The first-order chi connectivity index (χ1) is 6.99. The molecule has 0 fully saturated rings. The predicted octanol–water partition coefficient (Wildman–Crippen LogP) is 0.642. The molecule has 0 aliphatic rings. The number of carboxylic acid groups (broad SMARTS) is 1. The molecule has 7 heteroatoms. The zero-order chi connectivity index (χ0) is 11.3. The van der Waals surface area contributed by atoms with E-state index in [-0.39, 0.29) is 18.7 Å². The molecule has 1 heterocycles. The van der Waals surface area contributed by atoms with E-state index < -0.39 is 16.0 Å². The molecule has 0 bridgehead atoms. The SMILES string of the molecule is O=C(O)CCS(=O)(=O)NCc1ccsc1. The van der Waals surface area contributed by atoms with Crippen molar-refractivity contribution in [3.63, 3.8) is 0 Å². The Kier molecular flexibility index (Phi) is 4.25. The molecule has 0 aliphatic heterocycles. The Bertz CT molecular complexity index is 410. The number of carbonyl (C=O) groups is 1. The van der Waals surface area contributed by atoms with E-state index in [0.29, 0.717) is 0 Å². The topological polar surface area (TPSA) is 83.5 Å². The van der Waals surface area contributed by atoms with Gasteiger partial charge in [-0.15, -0.1) is 0 Å². The lowest BCUT2D eigenvalue weighted by molar-refractivity contribution is -0.136. The van der Waals surface area contributed by atoms with Gasteiger partial charge in [-0.1, -0.05) is 0 Å². The fourth-order valence-electron chi connectivity index (χ4n) is 0.880. The minimum atomic E-state index is -3.48. The van der Waals surface area contributed by atoms with Gasteiger partial charge in [0, 0.05) is 6.54 Å². The first kappa shape index (κ1) is 12.2. The Hall–Kier alpha value is -0.920. The summed E-state index contributed by atoms with van der Waals surface area (Å²) in [4.78, 5) is 10.2. The number of hydrogen-bond donors (Lipinski definition) is 2. The lowest BCUT2D eigenvalue weighted by Crippen LogP contribution is -2.26. The molecule has 0 saturated carbocycles. The van der Waals surface area contributed by atoms with E-state index in [1.165, 1.54) is 11.3 Å². The van der Waals surface area contributed by atoms with Crippen LogP contribution in [0.4, 0.5) is 0 Å². The van der Waals surface area contributed by atoms with Crippen molar-refractivity contribution in [2.45, 2.75) is 13.0 Å². The molecule has 84 valence electrons. The number of hydrogen-bond acceptors (Lipinski definition) is 4. The van der Waals surface area contributed by atoms with Crippen LogP contribution >= 0.6 is 11.3 Å². The summed E-state index contributed by atoms with van der Waals surface area (Å²) in [7, 11) is -3.48. The van der Waals surface area contributed by atoms with Crippen LogP contribution in [0.25, 0.3) is 0 Å². The van der Waals surface area contributed by atoms with Gasteiger partial charge in [-0.05, 0) is 22.4 Å². The van der Waals surface area contributed by atoms with Crippen LogP contribution in [0.15, 0.2) is 16.8 Å². The van der Waals surface area contributed by atoms with Crippen LogP contribution in [0.3, 0.4) is 0 Å². The van der Waals surface area contributed by atoms with Gasteiger partial charge < -0.3 is 5.11 Å². The molecule has 0 aromatic carbocycles. The number of thiophene rings is 1. The van der Waals surface area contributed by atoms with Crippen molar-refractivity contribution in [1.29, 1.82) is 0 Å². The van der Waals surface area contributed by atoms with Crippen LogP contribution in [0.2, 0.25) is 0 Å². The second-order valence-electron chi connectivity index (χ2n) is 2.92. The molecule has 0 radical (unpaired) electrons. The second kappa shape index (κ2) is 5.24. The lowest BCUT2D eigenvalue weighted by Gasteiger charge is -2.03. The summed E-state index contributed by atoms with van der Waals surface area (Å²) in [6, 6.07) is 1.81. The molecule has 1 aromatic heterocycles. The van der Waals surface area contributed by atoms with Crippen molar-refractivity contribution in [1.82, 2.24) is 4.72 Å². The molecule has 1 rings (SSSR count). The van der Waals surface area contributed by atoms with Crippen molar-refractivity contribution in [2.24, 2.45) is 0 Å². The van der Waals surface area contributed by atoms with Crippen molar-refractivity contribution in [3.05, 3.63) is 22.4 Å². The van der Waals surface area contributed by atoms with Crippen molar-refractivity contribution < 1.29 is 18.3 Å². The molecule has 5 nitrogen and oxygen atoms in total. The highest BCUT2D eigenvalue weighted by molar-refractivity contribution is 7.89. The normalized spacial score (nSPS) is 11.5. The van der Waals surface area contributed by atoms with E-state index in [1.54, 1.807) is 0 Å². The van der Waals surface area contributed by atoms with Crippen LogP contribution in [0, 0.1) is 0 Å². The van der Waals surface area contributed by atoms with Crippen LogP contribution < -0.4 is 4.72 Å². The van der Waals surface area contributed by atoms with E-state index >= 15 is 0 Å². The second-order valence-corrected chi connectivity index (χ2v) is 5.62. The van der Waals surface area contributed by atoms with Gasteiger partial charge >= 0.3 is 5.97 Å². The highest BCUT2D eigenvalue weighted by Crippen LogP contribution is 2.05. The number of nitrogens with one attached hydrogen (secondary N) is 1. The van der Waals surface area contributed by atoms with E-state index in [4.69, 9.17) is 5.11 Å². The summed E-state index contributed by atoms with van der Waals surface area (Å²) in [5.41, 5.74) is 0.874. The molecule has 0 aliphatic carbocycles. The van der Waals surface area contributed by atoms with Gasteiger partial charge in [-0.25, -0.2) is 13.1 Å². The third-order valence-corrected chi connectivity index (χ3v) is 3.72. The fourth-order valence-corrected chi connectivity index (χ4v) is 2.52. The molecule has 1 aromatic rings. The Morgan fingerprint density at radius 3 is 2.80 bits per heavy atom. The van der Waals surface area contributed by atoms with E-state index in [0.717, 1.165) is 5.56 Å². The highest BCUT2D eigenvalue weighted by Gasteiger charge is 2.12. The van der Waals surface area contributed by atoms with Crippen molar-refractivity contribution >= 4 is 27.3 Å². The molecule has 2 N–H and O–H groups in total. The van der Waals surface area contributed by atoms with Crippen molar-refractivity contribution in [2.75, 3.05) is 5.75 Å². The summed E-state index contributed by atoms with van der Waals surface area (Å²) in [5, 5.41) is 12.0. The highest BCUT2D eigenvalue weighted by atomic mass is 32.2. The minimum Gasteiger partial charge on any atom is -0.481 e. The van der Waals surface area contributed by atoms with Gasteiger partial charge in [0.2, 0.25) is 10.0 Å². The largest absolute Gasteiger partial charge is 0.481 e. The Morgan fingerprint density at radius 2 is 2.27 bits per heavy atom. The Morgan fingerprint density at radius 1 is 1.53 bits per heavy atom. The van der Waals surface area contributed by atoms with Gasteiger partial charge in [0.25, 0.3) is 0 Å². The lowest BCUT2D eigenvalue weighted by atomic mass is 10.4. The number of carboxylic acids is 1. The maximum atomic E-state index is 11.3. The van der Waals surface area contributed by atoms with Crippen molar-refractivity contribution in [3.8, 4) is 0 Å². The standard InChI is InChI=1S/C8H11NO4S2/c10-8(11)2-4-15(12,13)9-5-7-1-3-14-6-7/h1,3,6,9H,2,4-5H2,(H,10,11). The van der Waals surface area contributed by atoms with Gasteiger partial charge in [0.05, 0.1) is 12.2 Å². The third-order valence-electron chi connectivity index (χ3n) is 1.66. The van der Waals surface area contributed by atoms with Crippen LogP contribution in [-0.4, -0.2) is 25.2 Å². The van der Waals surface area contributed by atoms with Crippen LogP contribution in [0.1, 0.15) is 12.0 Å². The molecule has 0 atom stereocenters. The average Bonchev–Trinajstić information content (AvgIpc) is 2.65. The number of aliphatic carboxylic acids is 1. The van der Waals surface area contributed by atoms with E-state index in [2.05, 4.69) is 4.72 Å². The van der Waals surface area contributed by atoms with E-state index in [9.17, 15) is 13.2 Å². The van der Waals surface area contributed by atoms with Gasteiger partial charge in [0.15, 0.2) is 0 Å². The molecular formula is C8H11NO4S2. The molecule has 0 unspecified atom stereocenters. The smallest absolute Gasteiger partial charge is 0.304 e.